The molecular formula is C20H34N2O. The van der Waals surface area contributed by atoms with E-state index in [2.05, 4.69) is 54.4 Å². The van der Waals surface area contributed by atoms with Crippen LogP contribution in [-0.4, -0.2) is 41.8 Å². The molecule has 130 valence electrons. The molecule has 1 aromatic carbocycles. The Morgan fingerprint density at radius 3 is 2.70 bits per heavy atom. The van der Waals surface area contributed by atoms with E-state index in [1.807, 2.05) is 0 Å². The van der Waals surface area contributed by atoms with E-state index in [9.17, 15) is 5.11 Å². The Hall–Kier alpha value is -0.900. The second-order valence-corrected chi connectivity index (χ2v) is 7.08. The van der Waals surface area contributed by atoms with Crippen LogP contribution < -0.4 is 5.32 Å². The van der Waals surface area contributed by atoms with Gasteiger partial charge in [-0.25, -0.2) is 0 Å². The van der Waals surface area contributed by atoms with E-state index in [-0.39, 0.29) is 6.10 Å². The Morgan fingerprint density at radius 2 is 2.00 bits per heavy atom. The summed E-state index contributed by atoms with van der Waals surface area (Å²) in [5, 5.41) is 13.8. The summed E-state index contributed by atoms with van der Waals surface area (Å²) in [6, 6.07) is 11.2. The van der Waals surface area contributed by atoms with Gasteiger partial charge in [0.05, 0.1) is 6.10 Å². The van der Waals surface area contributed by atoms with E-state index < -0.39 is 0 Å². The fourth-order valence-corrected chi connectivity index (χ4v) is 3.60. The van der Waals surface area contributed by atoms with Crippen LogP contribution >= 0.6 is 0 Å². The van der Waals surface area contributed by atoms with E-state index in [0.29, 0.717) is 12.0 Å². The minimum absolute atomic E-state index is 0.138. The van der Waals surface area contributed by atoms with Gasteiger partial charge in [0, 0.05) is 25.7 Å². The number of hydrogen-bond acceptors (Lipinski definition) is 3. The molecule has 1 aliphatic heterocycles. The standard InChI is InChI=1S/C20H34N2O/c1-3-5-11-22-15-18(13-20(23)4-2)12-19(16-22)21-14-17-9-7-6-8-10-17/h6-10,18-21,23H,3-5,11-16H2,1-2H3. The second-order valence-electron chi connectivity index (χ2n) is 7.08. The first-order valence-electron chi connectivity index (χ1n) is 9.39. The van der Waals surface area contributed by atoms with Gasteiger partial charge in [-0.05, 0) is 43.7 Å². The van der Waals surface area contributed by atoms with E-state index in [4.69, 9.17) is 0 Å². The fraction of sp³-hybridized carbons (Fsp3) is 0.700. The van der Waals surface area contributed by atoms with Gasteiger partial charge in [-0.1, -0.05) is 50.6 Å². The van der Waals surface area contributed by atoms with Crippen LogP contribution in [0, 0.1) is 5.92 Å². The second kappa shape index (κ2) is 10.1. The molecule has 2 rings (SSSR count). The molecule has 1 aromatic rings. The van der Waals surface area contributed by atoms with Crippen LogP contribution in [0.2, 0.25) is 0 Å². The third kappa shape index (κ3) is 6.62. The third-order valence-corrected chi connectivity index (χ3v) is 4.96. The minimum atomic E-state index is -0.138. The zero-order valence-electron chi connectivity index (χ0n) is 14.9. The maximum atomic E-state index is 10.0. The van der Waals surface area contributed by atoms with Gasteiger partial charge in [0.1, 0.15) is 0 Å². The van der Waals surface area contributed by atoms with Gasteiger partial charge < -0.3 is 15.3 Å². The van der Waals surface area contributed by atoms with Crippen molar-refractivity contribution in [2.45, 2.75) is 64.6 Å². The number of benzene rings is 1. The average Bonchev–Trinajstić information content (AvgIpc) is 2.59. The van der Waals surface area contributed by atoms with E-state index in [0.717, 1.165) is 32.5 Å². The lowest BCUT2D eigenvalue weighted by atomic mass is 9.88. The van der Waals surface area contributed by atoms with E-state index in [1.165, 1.54) is 31.4 Å². The highest BCUT2D eigenvalue weighted by molar-refractivity contribution is 5.14. The van der Waals surface area contributed by atoms with Crippen LogP contribution in [0.1, 0.15) is 51.5 Å². The number of piperidine rings is 1. The van der Waals surface area contributed by atoms with Crippen LogP contribution in [0.3, 0.4) is 0 Å². The number of rotatable bonds is 9. The molecule has 2 N–H and O–H groups in total. The fourth-order valence-electron chi connectivity index (χ4n) is 3.60. The third-order valence-electron chi connectivity index (χ3n) is 4.96. The van der Waals surface area contributed by atoms with Gasteiger partial charge in [-0.2, -0.15) is 0 Å². The smallest absolute Gasteiger partial charge is 0.0540 e. The van der Waals surface area contributed by atoms with Gasteiger partial charge >= 0.3 is 0 Å². The summed E-state index contributed by atoms with van der Waals surface area (Å²) in [5.74, 6) is 0.615. The summed E-state index contributed by atoms with van der Waals surface area (Å²) in [7, 11) is 0. The largest absolute Gasteiger partial charge is 0.393 e. The number of nitrogens with zero attached hydrogens (tertiary/aromatic N) is 1. The number of aliphatic hydroxyl groups is 1. The lowest BCUT2D eigenvalue weighted by Gasteiger charge is -2.39. The van der Waals surface area contributed by atoms with Crippen molar-refractivity contribution in [1.82, 2.24) is 10.2 Å². The molecule has 0 aromatic heterocycles. The molecule has 0 aliphatic carbocycles. The first kappa shape index (κ1) is 18.4. The zero-order valence-corrected chi connectivity index (χ0v) is 14.9. The Balaban J connectivity index is 1.88. The number of nitrogens with one attached hydrogen (secondary N) is 1. The quantitative estimate of drug-likeness (QED) is 0.732. The molecule has 3 unspecified atom stereocenters. The molecule has 1 aliphatic rings. The maximum Gasteiger partial charge on any atom is 0.0540 e. The Kier molecular flexibility index (Phi) is 8.07. The summed E-state index contributed by atoms with van der Waals surface area (Å²) >= 11 is 0. The van der Waals surface area contributed by atoms with Crippen molar-refractivity contribution in [3.8, 4) is 0 Å². The van der Waals surface area contributed by atoms with Crippen molar-refractivity contribution >= 4 is 0 Å². The van der Waals surface area contributed by atoms with Crippen molar-refractivity contribution in [2.75, 3.05) is 19.6 Å². The molecule has 0 saturated carbocycles. The van der Waals surface area contributed by atoms with Crippen molar-refractivity contribution in [2.24, 2.45) is 5.92 Å². The Bertz CT molecular complexity index is 423. The highest BCUT2D eigenvalue weighted by Gasteiger charge is 2.27. The molecule has 0 spiro atoms. The van der Waals surface area contributed by atoms with Gasteiger partial charge in [-0.3, -0.25) is 0 Å². The lowest BCUT2D eigenvalue weighted by molar-refractivity contribution is 0.0828. The van der Waals surface area contributed by atoms with Crippen LogP contribution in [-0.2, 0) is 6.54 Å². The molecule has 0 bridgehead atoms. The summed E-state index contributed by atoms with van der Waals surface area (Å²) in [6.07, 6.45) is 5.39. The maximum absolute atomic E-state index is 10.0. The number of aliphatic hydroxyl groups excluding tert-OH is 1. The van der Waals surface area contributed by atoms with Gasteiger partial charge in [-0.15, -0.1) is 0 Å². The molecule has 1 heterocycles. The first-order valence-corrected chi connectivity index (χ1v) is 9.39. The molecule has 0 radical (unpaired) electrons. The van der Waals surface area contributed by atoms with Gasteiger partial charge in [0.15, 0.2) is 0 Å². The van der Waals surface area contributed by atoms with Crippen LogP contribution in [0.25, 0.3) is 0 Å². The monoisotopic (exact) mass is 318 g/mol. The summed E-state index contributed by atoms with van der Waals surface area (Å²) in [5.41, 5.74) is 1.35. The van der Waals surface area contributed by atoms with Crippen molar-refractivity contribution < 1.29 is 5.11 Å². The molecule has 3 atom stereocenters. The summed E-state index contributed by atoms with van der Waals surface area (Å²) in [6.45, 7) is 8.77. The number of hydrogen-bond donors (Lipinski definition) is 2. The normalized spacial score (nSPS) is 23.8. The molecule has 3 nitrogen and oxygen atoms in total. The topological polar surface area (TPSA) is 35.5 Å². The highest BCUT2D eigenvalue weighted by Crippen LogP contribution is 2.23. The number of likely N-dealkylation sites (tertiary alicyclic amines) is 1. The van der Waals surface area contributed by atoms with Crippen LogP contribution in [0.4, 0.5) is 0 Å². The number of unbranched alkanes of at least 4 members (excludes halogenated alkanes) is 1. The zero-order chi connectivity index (χ0) is 16.5. The molecule has 0 amide bonds. The Morgan fingerprint density at radius 1 is 1.22 bits per heavy atom. The lowest BCUT2D eigenvalue weighted by Crippen LogP contribution is -2.49. The SMILES string of the molecule is CCCCN1CC(CC(O)CC)CC(NCc2ccccc2)C1. The van der Waals surface area contributed by atoms with Crippen LogP contribution in [0.5, 0.6) is 0 Å². The minimum Gasteiger partial charge on any atom is -0.393 e. The molecule has 3 heteroatoms. The summed E-state index contributed by atoms with van der Waals surface area (Å²) in [4.78, 5) is 2.60. The predicted octanol–water partition coefficient (Wildman–Crippen LogP) is 3.43. The van der Waals surface area contributed by atoms with Crippen LogP contribution in [0.15, 0.2) is 30.3 Å². The molecule has 23 heavy (non-hydrogen) atoms. The first-order chi connectivity index (χ1) is 11.2. The van der Waals surface area contributed by atoms with Crippen molar-refractivity contribution in [1.29, 1.82) is 0 Å². The molecular weight excluding hydrogens is 284 g/mol. The highest BCUT2D eigenvalue weighted by atomic mass is 16.3. The molecule has 1 fully saturated rings. The average molecular weight is 319 g/mol. The summed E-state index contributed by atoms with van der Waals surface area (Å²) < 4.78 is 0. The van der Waals surface area contributed by atoms with Gasteiger partial charge in [0.2, 0.25) is 0 Å². The molecule has 1 saturated heterocycles. The van der Waals surface area contributed by atoms with Crippen molar-refractivity contribution in [3.05, 3.63) is 35.9 Å². The Labute approximate surface area is 142 Å². The van der Waals surface area contributed by atoms with E-state index in [1.54, 1.807) is 0 Å². The van der Waals surface area contributed by atoms with E-state index >= 15 is 0 Å². The van der Waals surface area contributed by atoms with Gasteiger partial charge in [0.25, 0.3) is 0 Å². The van der Waals surface area contributed by atoms with Crippen molar-refractivity contribution in [3.63, 3.8) is 0 Å². The predicted molar refractivity (Wildman–Crippen MR) is 97.4 cm³/mol.